The van der Waals surface area contributed by atoms with Crippen molar-refractivity contribution in [2.75, 3.05) is 81.5 Å². The number of fused-ring (bicyclic) bond motifs is 9. The van der Waals surface area contributed by atoms with Crippen molar-refractivity contribution in [1.29, 1.82) is 0 Å². The summed E-state index contributed by atoms with van der Waals surface area (Å²) >= 11 is 0. The number of benzene rings is 3. The zero-order valence-corrected chi connectivity index (χ0v) is 49.8. The van der Waals surface area contributed by atoms with E-state index in [1.807, 2.05) is 0 Å². The lowest BCUT2D eigenvalue weighted by Gasteiger charge is -2.47. The number of methoxy groups -OCH3 is 6. The molecule has 0 aromatic heterocycles. The van der Waals surface area contributed by atoms with E-state index in [0.717, 1.165) is 28.4 Å². The first-order valence-electron chi connectivity index (χ1n) is 61.0. The maximum absolute atomic E-state index is 13.9. The minimum atomic E-state index is -4.42. The zero-order chi connectivity index (χ0) is 127. The molecule has 9 unspecified atom stereocenters. The molecule has 6 aliphatic rings. The van der Waals surface area contributed by atoms with Gasteiger partial charge in [-0.25, -0.2) is 0 Å². The number of nitrogens with two attached hydrogens (primary N) is 3. The van der Waals surface area contributed by atoms with Crippen molar-refractivity contribution in [3.8, 4) is 34.5 Å². The van der Waals surface area contributed by atoms with Gasteiger partial charge in [0.05, 0.1) is 71.3 Å². The third kappa shape index (κ3) is 17.5. The van der Waals surface area contributed by atoms with Gasteiger partial charge in [-0.1, -0.05) is 82.7 Å². The van der Waals surface area contributed by atoms with Gasteiger partial charge in [-0.2, -0.15) is 0 Å². The number of carbonyl (C=O) groups is 3. The molecule has 0 bridgehead atoms. The highest BCUT2D eigenvalue weighted by atomic mass is 16.6. The molecule has 504 valence electrons. The van der Waals surface area contributed by atoms with Crippen molar-refractivity contribution in [3.63, 3.8) is 0 Å². The number of carbonyl (C=O) groups excluding carboxylic acids is 3. The van der Waals surface area contributed by atoms with E-state index in [1.165, 1.54) is 41.5 Å². The Balaban J connectivity index is 0.000000321. The van der Waals surface area contributed by atoms with Crippen LogP contribution in [0.25, 0.3) is 0 Å². The second kappa shape index (κ2) is 32.5. The molecule has 3 aromatic rings. The van der Waals surface area contributed by atoms with E-state index in [2.05, 4.69) is 0 Å². The summed E-state index contributed by atoms with van der Waals surface area (Å²) in [4.78, 5) is 40.3. The SMILES string of the molecule is [2H]c1c(OC([2H])([2H])[2H])c(OC)c([2H])c2c1C([2H])([2H])C([2H])([2H])N1C([2H])([2H])C([2H])(CC(C)C)C([2H])(OC(=O)[C@@]([2H])(N)C([2H])(C([2H])([2H])[2H])C([2H])([2H])[2H])C([2H])([2H])C21[2H].[2H]c1c(OC([2H])([2H])[2H])c(OC)c([2H])c2c1C([2H])([2H])C([2H])([2H])N1C([2H])([2H])C([2H])(CC(C)C)C([2H])(OC(=O)[C@@]([2H])(N)C([2H])(C([2H])([2H])[2H])C([2H])([2H])[2H])C([2H])([2H])C21[2H].[2H]c1c(OC)c(OC)c([2H])c2c1C([2H])([2H])C([2H])([2H])N1C([2H])([2H])C([2H])(CC(C)C)C([2H])(OC(=O)[C@@]([2H])(N)C([2H])(C([2H])([2H])[2H])C([2H])([2H])[2H])C([2H])([2H])C21[2H]. The van der Waals surface area contributed by atoms with E-state index >= 15 is 0 Å². The lowest BCUT2D eigenvalue weighted by molar-refractivity contribution is -0.161. The molecule has 0 radical (unpaired) electrons. The number of hydrogen-bond donors (Lipinski definition) is 3. The van der Waals surface area contributed by atoms with Crippen LogP contribution in [0.2, 0.25) is 0 Å². The van der Waals surface area contributed by atoms with Crippen LogP contribution in [0.5, 0.6) is 34.5 Å². The maximum atomic E-state index is 13.9. The Morgan fingerprint density at radius 2 is 0.733 bits per heavy atom. The summed E-state index contributed by atoms with van der Waals surface area (Å²) in [5, 5.41) is 0. The maximum Gasteiger partial charge on any atom is 0.323 e. The molecule has 3 aromatic carbocycles. The van der Waals surface area contributed by atoms with E-state index in [4.69, 9.17) is 126 Å². The quantitative estimate of drug-likeness (QED) is 0.0666. The van der Waals surface area contributed by atoms with Gasteiger partial charge in [0.1, 0.15) is 36.3 Å². The Bertz CT molecular complexity index is 5820. The summed E-state index contributed by atoms with van der Waals surface area (Å²) in [6.07, 6.45) is -40.9. The van der Waals surface area contributed by atoms with Crippen molar-refractivity contribution in [3.05, 3.63) is 69.6 Å². The first-order valence-corrected chi connectivity index (χ1v) is 26.5. The van der Waals surface area contributed by atoms with Gasteiger partial charge in [0, 0.05) is 160 Å². The van der Waals surface area contributed by atoms with Gasteiger partial charge < -0.3 is 59.8 Å². The molecule has 9 rings (SSSR count). The molecule has 18 heteroatoms. The van der Waals surface area contributed by atoms with Gasteiger partial charge in [0.2, 0.25) is 0 Å². The molecular formula is C72H114N6O12. The van der Waals surface area contributed by atoms with Crippen molar-refractivity contribution < 1.29 is 152 Å². The highest BCUT2D eigenvalue weighted by molar-refractivity contribution is 5.77. The van der Waals surface area contributed by atoms with E-state index in [0.29, 0.717) is 0 Å². The fourth-order valence-corrected chi connectivity index (χ4v) is 8.13. The number of piperidine rings is 3. The summed E-state index contributed by atoms with van der Waals surface area (Å²) in [5.74, 6) is -41.4. The molecule has 3 saturated heterocycles. The van der Waals surface area contributed by atoms with E-state index in [-0.39, 0.29) is 4.90 Å². The smallest absolute Gasteiger partial charge is 0.323 e. The summed E-state index contributed by atoms with van der Waals surface area (Å²) in [6.45, 7) is -41.4. The fourth-order valence-electron chi connectivity index (χ4n) is 8.13. The number of nitrogens with zero attached hydrogens (tertiary/aromatic N) is 3. The Kier molecular flexibility index (Phi) is 8.38. The predicted molar refractivity (Wildman–Crippen MR) is 353 cm³/mol. The van der Waals surface area contributed by atoms with Gasteiger partial charge >= 0.3 is 17.9 Å². The van der Waals surface area contributed by atoms with Crippen LogP contribution in [0.3, 0.4) is 0 Å². The van der Waals surface area contributed by atoms with Crippen LogP contribution >= 0.6 is 0 Å². The molecule has 6 heterocycles. The van der Waals surface area contributed by atoms with E-state index in [9.17, 15) is 43.2 Å². The molecule has 6 aliphatic heterocycles. The van der Waals surface area contributed by atoms with E-state index < -0.39 is 391 Å². The van der Waals surface area contributed by atoms with Gasteiger partial charge in [0.15, 0.2) is 34.5 Å². The third-order valence-corrected chi connectivity index (χ3v) is 12.2. The largest absolute Gasteiger partial charge is 0.493 e. The Hall–Kier alpha value is -5.37. The Labute approximate surface area is 636 Å². The second-order valence-corrected chi connectivity index (χ2v) is 20.2. The molecule has 0 spiro atoms. The predicted octanol–water partition coefficient (Wildman–Crippen LogP) is 10.7. The highest BCUT2D eigenvalue weighted by Gasteiger charge is 2.45. The average molecular weight is 1330 g/mol. The van der Waals surface area contributed by atoms with Crippen molar-refractivity contribution in [2.24, 2.45) is 70.3 Å². The van der Waals surface area contributed by atoms with Crippen LogP contribution in [-0.4, -0.2) is 150 Å². The molecule has 3 fully saturated rings. The average Bonchev–Trinajstić information content (AvgIpc) is 0.639. The van der Waals surface area contributed by atoms with Crippen LogP contribution in [0.4, 0.5) is 0 Å². The summed E-state index contributed by atoms with van der Waals surface area (Å²) < 4.78 is 634. The van der Waals surface area contributed by atoms with Crippen LogP contribution in [-0.2, 0) is 47.7 Å². The lowest BCUT2D eigenvalue weighted by Crippen LogP contribution is -2.51. The normalized spacial score (nSPS) is 52.7. The fraction of sp³-hybridized carbons (Fsp3) is 0.708. The standard InChI is InChI=1S/3C24H38N2O4/c3*1-14(2)9-17-13-26-8-7-16-10-21(28-5)22(29-6)11-18(16)19(26)12-20(17)30-24(27)23(25)15(3)4/h3*10-11,14-15,17,19-20,23H,7-9,12-13,25H2,1-6H3/t3*17?,19?,20?,23-/m000/s1/i2*3D3,4D3,5D3,7D2,8D2,10D,11D,12D2,13D2,15D,17D,19D,20D,23D;3D3,4D3,7D2,8D2,10D,11D,12D2,13D2,15D,17D,19D,20D,23D. The van der Waals surface area contributed by atoms with E-state index in [1.54, 1.807) is 0 Å². The molecule has 6 N–H and O–H groups in total. The summed E-state index contributed by atoms with van der Waals surface area (Å²) in [5.41, 5.74) is 8.37. The Morgan fingerprint density at radius 3 is 0.967 bits per heavy atom. The minimum Gasteiger partial charge on any atom is -0.493 e. The number of rotatable bonds is 21. The van der Waals surface area contributed by atoms with Crippen LogP contribution in [0, 0.1) is 53.1 Å². The molecule has 0 aliphatic carbocycles. The van der Waals surface area contributed by atoms with Gasteiger partial charge in [0.25, 0.3) is 0 Å². The highest BCUT2D eigenvalue weighted by Crippen LogP contribution is 2.48. The lowest BCUT2D eigenvalue weighted by atomic mass is 9.79. The minimum absolute atomic E-state index is 0.370. The van der Waals surface area contributed by atoms with Gasteiger partial charge in [-0.3, -0.25) is 29.1 Å². The molecular weight excluding hydrogens is 1140 g/mol. The molecule has 12 atom stereocenters. The summed E-state index contributed by atoms with van der Waals surface area (Å²) in [7, 11) is -3.43. The van der Waals surface area contributed by atoms with Gasteiger partial charge in [-0.15, -0.1) is 0 Å². The van der Waals surface area contributed by atoms with Crippen molar-refractivity contribution in [1.82, 2.24) is 14.7 Å². The third-order valence-electron chi connectivity index (χ3n) is 12.2. The number of hydrogen-bond acceptors (Lipinski definition) is 18. The monoisotopic (exact) mass is 1320 g/mol. The van der Waals surface area contributed by atoms with Crippen molar-refractivity contribution in [2.45, 2.75) is 195 Å². The summed E-state index contributed by atoms with van der Waals surface area (Å²) in [6, 6.07) is -33.2. The topological polar surface area (TPSA) is 222 Å². The van der Waals surface area contributed by atoms with Gasteiger partial charge in [-0.05, 0) is 143 Å². The zero-order valence-electron chi connectivity index (χ0n) is 119. The van der Waals surface area contributed by atoms with Crippen LogP contribution in [0.1, 0.15) is 267 Å². The molecule has 0 amide bonds. The molecule has 18 nitrogen and oxygen atoms in total. The van der Waals surface area contributed by atoms with Crippen LogP contribution in [0.15, 0.2) is 36.3 Å². The van der Waals surface area contributed by atoms with Crippen molar-refractivity contribution >= 4 is 17.9 Å². The second-order valence-electron chi connectivity index (χ2n) is 20.2. The first-order chi connectivity index (χ1) is 69.4. The van der Waals surface area contributed by atoms with Crippen LogP contribution < -0.4 is 45.6 Å². The molecule has 0 saturated carbocycles. The number of esters is 3. The Morgan fingerprint density at radius 1 is 0.478 bits per heavy atom. The first kappa shape index (κ1) is 23.2. The number of ether oxygens (including phenoxy) is 9. The molecule has 90 heavy (non-hydrogen) atoms.